The van der Waals surface area contributed by atoms with E-state index in [1.165, 1.54) is 0 Å². The van der Waals surface area contributed by atoms with E-state index in [4.69, 9.17) is 4.74 Å². The van der Waals surface area contributed by atoms with E-state index in [9.17, 15) is 4.79 Å². The lowest BCUT2D eigenvalue weighted by Crippen LogP contribution is -2.10. The third-order valence-corrected chi connectivity index (χ3v) is 2.71. The Kier molecular flexibility index (Phi) is 4.56. The van der Waals surface area contributed by atoms with Gasteiger partial charge in [0.15, 0.2) is 0 Å². The second-order valence-corrected chi connectivity index (χ2v) is 4.40. The lowest BCUT2D eigenvalue weighted by atomic mass is 10.0. The highest BCUT2D eigenvalue weighted by Crippen LogP contribution is 2.25. The monoisotopic (exact) mass is 258 g/mol. The van der Waals surface area contributed by atoms with Crippen molar-refractivity contribution in [2.75, 3.05) is 6.61 Å². The van der Waals surface area contributed by atoms with Crippen LogP contribution < -0.4 is 0 Å². The van der Waals surface area contributed by atoms with E-state index in [1.54, 1.807) is 0 Å². The van der Waals surface area contributed by atoms with Crippen molar-refractivity contribution in [3.63, 3.8) is 0 Å². The molecule has 2 aromatic rings. The molecular formula is C15H14O2S. The van der Waals surface area contributed by atoms with Crippen LogP contribution in [0.5, 0.6) is 0 Å². The smallest absolute Gasteiger partial charge is 0.211 e. The van der Waals surface area contributed by atoms with Crippen molar-refractivity contribution in [3.8, 4) is 0 Å². The van der Waals surface area contributed by atoms with Crippen LogP contribution in [0, 0.1) is 0 Å². The minimum absolute atomic E-state index is 0.00241. The number of benzene rings is 2. The molecule has 0 saturated carbocycles. The SMILES string of the molecule is O=C(S)COC(c1ccccc1)c1ccccc1. The zero-order valence-corrected chi connectivity index (χ0v) is 10.7. The van der Waals surface area contributed by atoms with Crippen molar-refractivity contribution < 1.29 is 9.53 Å². The Hall–Kier alpha value is -1.58. The molecule has 0 aliphatic heterocycles. The van der Waals surface area contributed by atoms with Crippen molar-refractivity contribution in [2.24, 2.45) is 0 Å². The fourth-order valence-electron chi connectivity index (χ4n) is 1.80. The van der Waals surface area contributed by atoms with E-state index < -0.39 is 0 Å². The fraction of sp³-hybridized carbons (Fsp3) is 0.133. The molecule has 2 nitrogen and oxygen atoms in total. The molecule has 0 fully saturated rings. The standard InChI is InChI=1S/C15H14O2S/c16-14(18)11-17-15(12-7-3-1-4-8-12)13-9-5-2-6-10-13/h1-10,15H,11H2,(H,16,18). The molecule has 3 heteroatoms. The highest BCUT2D eigenvalue weighted by atomic mass is 32.1. The first-order valence-corrected chi connectivity index (χ1v) is 6.15. The van der Waals surface area contributed by atoms with Gasteiger partial charge >= 0.3 is 0 Å². The van der Waals surface area contributed by atoms with Crippen LogP contribution in [0.15, 0.2) is 60.7 Å². The molecule has 92 valence electrons. The lowest BCUT2D eigenvalue weighted by molar-refractivity contribution is -0.116. The van der Waals surface area contributed by atoms with E-state index >= 15 is 0 Å². The van der Waals surface area contributed by atoms with Gasteiger partial charge in [-0.15, -0.1) is 12.6 Å². The zero-order valence-electron chi connectivity index (χ0n) is 9.82. The Balaban J connectivity index is 2.26. The number of thiol groups is 1. The minimum Gasteiger partial charge on any atom is -0.360 e. The molecule has 2 aromatic carbocycles. The molecule has 18 heavy (non-hydrogen) atoms. The van der Waals surface area contributed by atoms with Crippen LogP contribution >= 0.6 is 12.6 Å². The van der Waals surface area contributed by atoms with Gasteiger partial charge in [0.25, 0.3) is 0 Å². The van der Waals surface area contributed by atoms with Crippen molar-refractivity contribution in [1.29, 1.82) is 0 Å². The summed E-state index contributed by atoms with van der Waals surface area (Å²) in [6.07, 6.45) is -0.233. The summed E-state index contributed by atoms with van der Waals surface area (Å²) in [5.41, 5.74) is 2.05. The lowest BCUT2D eigenvalue weighted by Gasteiger charge is -2.18. The van der Waals surface area contributed by atoms with E-state index in [-0.39, 0.29) is 17.8 Å². The van der Waals surface area contributed by atoms with E-state index in [0.29, 0.717) is 0 Å². The average Bonchev–Trinajstić information content (AvgIpc) is 2.41. The van der Waals surface area contributed by atoms with Crippen LogP contribution in [0.2, 0.25) is 0 Å². The van der Waals surface area contributed by atoms with Crippen LogP contribution in [0.25, 0.3) is 0 Å². The Bertz CT molecular complexity index is 457. The summed E-state index contributed by atoms with van der Waals surface area (Å²) >= 11 is 3.73. The molecule has 0 heterocycles. The van der Waals surface area contributed by atoms with E-state index in [0.717, 1.165) is 11.1 Å². The number of hydrogen-bond acceptors (Lipinski definition) is 2. The van der Waals surface area contributed by atoms with Gasteiger partial charge in [-0.3, -0.25) is 4.79 Å². The van der Waals surface area contributed by atoms with Gasteiger partial charge in [0, 0.05) is 0 Å². The number of rotatable bonds is 5. The molecule has 0 aliphatic carbocycles. The van der Waals surface area contributed by atoms with E-state index in [1.807, 2.05) is 60.7 Å². The first-order chi connectivity index (χ1) is 8.77. The molecule has 0 bridgehead atoms. The maximum atomic E-state index is 11.0. The zero-order chi connectivity index (χ0) is 12.8. The summed E-state index contributed by atoms with van der Waals surface area (Å²) in [7, 11) is 0. The van der Waals surface area contributed by atoms with Crippen molar-refractivity contribution in [1.82, 2.24) is 0 Å². The van der Waals surface area contributed by atoms with Crippen molar-refractivity contribution in [2.45, 2.75) is 6.10 Å². The highest BCUT2D eigenvalue weighted by molar-refractivity contribution is 7.96. The van der Waals surface area contributed by atoms with Crippen LogP contribution in [0.4, 0.5) is 0 Å². The maximum Gasteiger partial charge on any atom is 0.211 e. The first-order valence-electron chi connectivity index (χ1n) is 5.70. The molecule has 0 saturated heterocycles. The predicted octanol–water partition coefficient (Wildman–Crippen LogP) is 3.25. The second kappa shape index (κ2) is 6.38. The number of carbonyl (C=O) groups excluding carboxylic acids is 1. The molecule has 0 spiro atoms. The van der Waals surface area contributed by atoms with Gasteiger partial charge < -0.3 is 4.74 Å². The number of carbonyl (C=O) groups is 1. The van der Waals surface area contributed by atoms with Crippen LogP contribution in [0.1, 0.15) is 17.2 Å². The Morgan fingerprint density at radius 1 is 0.944 bits per heavy atom. The maximum absolute atomic E-state index is 11.0. The predicted molar refractivity (Wildman–Crippen MR) is 74.7 cm³/mol. The van der Waals surface area contributed by atoms with Crippen LogP contribution in [0.3, 0.4) is 0 Å². The third-order valence-electron chi connectivity index (χ3n) is 2.58. The normalized spacial score (nSPS) is 10.6. The van der Waals surface area contributed by atoms with Gasteiger partial charge in [-0.25, -0.2) is 0 Å². The van der Waals surface area contributed by atoms with Gasteiger partial charge in [0.1, 0.15) is 12.7 Å². The van der Waals surface area contributed by atoms with Crippen LogP contribution in [-0.2, 0) is 9.53 Å². The minimum atomic E-state index is -0.271. The average molecular weight is 258 g/mol. The molecule has 0 atom stereocenters. The van der Waals surface area contributed by atoms with Gasteiger partial charge in [-0.1, -0.05) is 60.7 Å². The summed E-state index contributed by atoms with van der Waals surface area (Å²) in [4.78, 5) is 11.0. The molecular weight excluding hydrogens is 244 g/mol. The molecule has 0 amide bonds. The summed E-state index contributed by atoms with van der Waals surface area (Å²) in [6.45, 7) is -0.00241. The largest absolute Gasteiger partial charge is 0.360 e. The van der Waals surface area contributed by atoms with Gasteiger partial charge in [0.05, 0.1) is 0 Å². The Morgan fingerprint density at radius 2 is 1.39 bits per heavy atom. The number of ether oxygens (including phenoxy) is 1. The Morgan fingerprint density at radius 3 is 1.78 bits per heavy atom. The summed E-state index contributed by atoms with van der Waals surface area (Å²) < 4.78 is 5.65. The summed E-state index contributed by atoms with van der Waals surface area (Å²) in [5, 5.41) is -0.271. The second-order valence-electron chi connectivity index (χ2n) is 3.91. The number of hydrogen-bond donors (Lipinski definition) is 1. The molecule has 0 unspecified atom stereocenters. The van der Waals surface area contributed by atoms with Crippen molar-refractivity contribution in [3.05, 3.63) is 71.8 Å². The fourth-order valence-corrected chi connectivity index (χ4v) is 1.87. The topological polar surface area (TPSA) is 26.3 Å². The van der Waals surface area contributed by atoms with E-state index in [2.05, 4.69) is 12.6 Å². The van der Waals surface area contributed by atoms with Crippen molar-refractivity contribution >= 4 is 17.7 Å². The molecule has 0 N–H and O–H groups in total. The molecule has 0 radical (unpaired) electrons. The molecule has 2 rings (SSSR count). The quantitative estimate of drug-likeness (QED) is 0.833. The van der Waals surface area contributed by atoms with Gasteiger partial charge in [0.2, 0.25) is 5.12 Å². The highest BCUT2D eigenvalue weighted by Gasteiger charge is 2.14. The van der Waals surface area contributed by atoms with Gasteiger partial charge in [-0.05, 0) is 11.1 Å². The first kappa shape index (κ1) is 12.9. The third kappa shape index (κ3) is 3.45. The molecule has 0 aromatic heterocycles. The summed E-state index contributed by atoms with van der Waals surface area (Å²) in [6, 6.07) is 19.7. The van der Waals surface area contributed by atoms with Crippen LogP contribution in [-0.4, -0.2) is 11.7 Å². The Labute approximate surface area is 112 Å². The molecule has 0 aliphatic rings. The van der Waals surface area contributed by atoms with Gasteiger partial charge in [-0.2, -0.15) is 0 Å². The summed E-state index contributed by atoms with van der Waals surface area (Å²) in [5.74, 6) is 0.